The number of likely N-dealkylation sites (tertiary alicyclic amines) is 1. The summed E-state index contributed by atoms with van der Waals surface area (Å²) in [6, 6.07) is 2.89. The number of nitrogens with one attached hydrogen (secondary N) is 2. The summed E-state index contributed by atoms with van der Waals surface area (Å²) in [5, 5.41) is 15.4. The Balaban J connectivity index is 1.43. The van der Waals surface area contributed by atoms with Crippen molar-refractivity contribution in [3.05, 3.63) is 42.2 Å². The van der Waals surface area contributed by atoms with Gasteiger partial charge in [0.25, 0.3) is 5.91 Å². The number of piperidine rings is 1. The van der Waals surface area contributed by atoms with Crippen LogP contribution in [0.4, 0.5) is 0 Å². The molecule has 3 rings (SSSR count). The van der Waals surface area contributed by atoms with Gasteiger partial charge in [-0.15, -0.1) is 0 Å². The predicted molar refractivity (Wildman–Crippen MR) is 108 cm³/mol. The van der Waals surface area contributed by atoms with Gasteiger partial charge in [-0.2, -0.15) is 0 Å². The first-order valence-electron chi connectivity index (χ1n) is 10.3. The van der Waals surface area contributed by atoms with Crippen LogP contribution in [0.5, 0.6) is 0 Å². The lowest BCUT2D eigenvalue weighted by Gasteiger charge is -2.31. The van der Waals surface area contributed by atoms with Gasteiger partial charge < -0.3 is 25.4 Å². The summed E-state index contributed by atoms with van der Waals surface area (Å²) < 4.78 is 5.81. The second-order valence-electron chi connectivity index (χ2n) is 7.48. The van der Waals surface area contributed by atoms with Crippen molar-refractivity contribution in [3.63, 3.8) is 0 Å². The Kier molecular flexibility index (Phi) is 8.15. The fourth-order valence-electron chi connectivity index (χ4n) is 3.66. The zero-order valence-electron chi connectivity index (χ0n) is 16.6. The lowest BCUT2D eigenvalue weighted by atomic mass is 10.0. The molecule has 0 unspecified atom stereocenters. The number of amides is 2. The Labute approximate surface area is 171 Å². The number of hydrogen-bond acceptors (Lipinski definition) is 6. The van der Waals surface area contributed by atoms with Gasteiger partial charge in [0, 0.05) is 25.5 Å². The monoisotopic (exact) mass is 402 g/mol. The molecule has 1 saturated heterocycles. The number of rotatable bonds is 8. The summed E-state index contributed by atoms with van der Waals surface area (Å²) in [4.78, 5) is 30.8. The first-order valence-corrected chi connectivity index (χ1v) is 10.3. The summed E-state index contributed by atoms with van der Waals surface area (Å²) in [5.74, 6) is -0.366. The van der Waals surface area contributed by atoms with Crippen LogP contribution in [-0.4, -0.2) is 77.8 Å². The van der Waals surface area contributed by atoms with E-state index in [0.29, 0.717) is 12.1 Å². The summed E-state index contributed by atoms with van der Waals surface area (Å²) in [6.07, 6.45) is 9.55. The molecule has 2 amide bonds. The fraction of sp³-hybridized carbons (Fsp3) is 0.571. The molecule has 0 aliphatic carbocycles. The van der Waals surface area contributed by atoms with Crippen LogP contribution in [0, 0.1) is 0 Å². The van der Waals surface area contributed by atoms with Gasteiger partial charge in [0.1, 0.15) is 6.10 Å². The molecule has 0 radical (unpaired) electrons. The lowest BCUT2D eigenvalue weighted by molar-refractivity contribution is -0.125. The van der Waals surface area contributed by atoms with Crippen LogP contribution in [0.3, 0.4) is 0 Å². The molecule has 29 heavy (non-hydrogen) atoms. The second kappa shape index (κ2) is 11.0. The van der Waals surface area contributed by atoms with Gasteiger partial charge in [-0.3, -0.25) is 14.6 Å². The molecule has 1 fully saturated rings. The van der Waals surface area contributed by atoms with Crippen LogP contribution < -0.4 is 10.6 Å². The SMILES string of the molecule is O=C(C[C@H]1C=C[C@H](NC(=O)c2cccnc2)[C@@H](CO)O1)NCCN1CCCCC1. The molecule has 158 valence electrons. The standard InChI is InChI=1S/C21H30N4O4/c26-15-19-18(24-21(28)16-5-4-8-22-14-16)7-6-17(29-19)13-20(27)23-9-12-25-10-2-1-3-11-25/h4-8,14,17-19,26H,1-3,9-13,15H2,(H,23,27)(H,24,28)/t17-,18+,19-/m1/s1. The van der Waals surface area contributed by atoms with E-state index in [9.17, 15) is 14.7 Å². The van der Waals surface area contributed by atoms with Crippen molar-refractivity contribution in [1.82, 2.24) is 20.5 Å². The molecule has 3 heterocycles. The van der Waals surface area contributed by atoms with E-state index in [2.05, 4.69) is 20.5 Å². The Morgan fingerprint density at radius 3 is 2.79 bits per heavy atom. The van der Waals surface area contributed by atoms with Crippen molar-refractivity contribution in [1.29, 1.82) is 0 Å². The van der Waals surface area contributed by atoms with Gasteiger partial charge >= 0.3 is 0 Å². The smallest absolute Gasteiger partial charge is 0.253 e. The molecule has 0 saturated carbocycles. The normalized spacial score (nSPS) is 24.8. The highest BCUT2D eigenvalue weighted by Crippen LogP contribution is 2.16. The van der Waals surface area contributed by atoms with E-state index in [1.807, 2.05) is 0 Å². The number of carbonyl (C=O) groups is 2. The van der Waals surface area contributed by atoms with E-state index in [1.165, 1.54) is 25.5 Å². The first-order chi connectivity index (χ1) is 14.2. The summed E-state index contributed by atoms with van der Waals surface area (Å²) in [5.41, 5.74) is 0.438. The van der Waals surface area contributed by atoms with E-state index >= 15 is 0 Å². The average molecular weight is 402 g/mol. The number of nitrogens with zero attached hydrogens (tertiary/aromatic N) is 2. The highest BCUT2D eigenvalue weighted by Gasteiger charge is 2.29. The summed E-state index contributed by atoms with van der Waals surface area (Å²) >= 11 is 0. The first kappa shape index (κ1) is 21.4. The maximum absolute atomic E-state index is 12.3. The maximum Gasteiger partial charge on any atom is 0.253 e. The zero-order valence-corrected chi connectivity index (χ0v) is 16.6. The molecule has 1 aromatic heterocycles. The Morgan fingerprint density at radius 2 is 2.07 bits per heavy atom. The van der Waals surface area contributed by atoms with Crippen LogP contribution in [0.2, 0.25) is 0 Å². The molecule has 0 aromatic carbocycles. The number of ether oxygens (including phenoxy) is 1. The fourth-order valence-corrected chi connectivity index (χ4v) is 3.66. The highest BCUT2D eigenvalue weighted by atomic mass is 16.5. The molecule has 2 aliphatic heterocycles. The minimum atomic E-state index is -0.605. The number of carbonyl (C=O) groups excluding carboxylic acids is 2. The Hall–Kier alpha value is -2.29. The third kappa shape index (κ3) is 6.62. The van der Waals surface area contributed by atoms with E-state index in [0.717, 1.165) is 19.6 Å². The molecule has 0 spiro atoms. The largest absolute Gasteiger partial charge is 0.394 e. The van der Waals surface area contributed by atoms with E-state index < -0.39 is 18.2 Å². The molecule has 2 aliphatic rings. The highest BCUT2D eigenvalue weighted by molar-refractivity contribution is 5.94. The second-order valence-corrected chi connectivity index (χ2v) is 7.48. The predicted octanol–water partition coefficient (Wildman–Crippen LogP) is 0.488. The Bertz CT molecular complexity index is 691. The minimum absolute atomic E-state index is 0.0776. The van der Waals surface area contributed by atoms with Crippen molar-refractivity contribution in [2.24, 2.45) is 0 Å². The minimum Gasteiger partial charge on any atom is -0.394 e. The van der Waals surface area contributed by atoms with E-state index in [-0.39, 0.29) is 24.8 Å². The third-order valence-corrected chi connectivity index (χ3v) is 5.27. The molecule has 1 aromatic rings. The third-order valence-electron chi connectivity index (χ3n) is 5.27. The number of aliphatic hydroxyl groups is 1. The number of aliphatic hydroxyl groups excluding tert-OH is 1. The molecule has 3 atom stereocenters. The van der Waals surface area contributed by atoms with Gasteiger partial charge in [0.2, 0.25) is 5.91 Å². The van der Waals surface area contributed by atoms with Crippen molar-refractivity contribution in [2.45, 2.75) is 43.9 Å². The molecule has 0 bridgehead atoms. The van der Waals surface area contributed by atoms with Crippen LogP contribution in [0.25, 0.3) is 0 Å². The van der Waals surface area contributed by atoms with Crippen molar-refractivity contribution < 1.29 is 19.4 Å². The number of aromatic nitrogens is 1. The molecular weight excluding hydrogens is 372 g/mol. The van der Waals surface area contributed by atoms with Crippen molar-refractivity contribution in [3.8, 4) is 0 Å². The zero-order chi connectivity index (χ0) is 20.5. The van der Waals surface area contributed by atoms with Crippen LogP contribution in [-0.2, 0) is 9.53 Å². The molecular formula is C21H30N4O4. The van der Waals surface area contributed by atoms with E-state index in [4.69, 9.17) is 4.74 Å². The van der Waals surface area contributed by atoms with Gasteiger partial charge in [-0.25, -0.2) is 0 Å². The van der Waals surface area contributed by atoms with Crippen LogP contribution in [0.15, 0.2) is 36.7 Å². The van der Waals surface area contributed by atoms with Crippen molar-refractivity contribution in [2.75, 3.05) is 32.8 Å². The number of hydrogen-bond donors (Lipinski definition) is 3. The summed E-state index contributed by atoms with van der Waals surface area (Å²) in [6.45, 7) is 3.45. The van der Waals surface area contributed by atoms with Gasteiger partial charge in [0.15, 0.2) is 0 Å². The van der Waals surface area contributed by atoms with Gasteiger partial charge in [0.05, 0.1) is 30.7 Å². The van der Waals surface area contributed by atoms with Crippen LogP contribution in [0.1, 0.15) is 36.0 Å². The maximum atomic E-state index is 12.3. The number of pyridine rings is 1. The van der Waals surface area contributed by atoms with Crippen LogP contribution >= 0.6 is 0 Å². The molecule has 8 heteroatoms. The van der Waals surface area contributed by atoms with Gasteiger partial charge in [-0.1, -0.05) is 18.6 Å². The molecule has 3 N–H and O–H groups in total. The van der Waals surface area contributed by atoms with Gasteiger partial charge in [-0.05, 0) is 38.1 Å². The lowest BCUT2D eigenvalue weighted by Crippen LogP contribution is -2.49. The average Bonchev–Trinajstić information content (AvgIpc) is 2.76. The van der Waals surface area contributed by atoms with Crippen molar-refractivity contribution >= 4 is 11.8 Å². The topological polar surface area (TPSA) is 104 Å². The van der Waals surface area contributed by atoms with E-state index in [1.54, 1.807) is 30.5 Å². The Morgan fingerprint density at radius 1 is 1.24 bits per heavy atom. The summed E-state index contributed by atoms with van der Waals surface area (Å²) in [7, 11) is 0. The quantitative estimate of drug-likeness (QED) is 0.547. The molecule has 8 nitrogen and oxygen atoms in total.